The van der Waals surface area contributed by atoms with Crippen molar-refractivity contribution in [3.05, 3.63) is 36.5 Å². The van der Waals surface area contributed by atoms with Crippen LogP contribution in [0, 0.1) is 0 Å². The zero-order valence-electron chi connectivity index (χ0n) is 33.6. The summed E-state index contributed by atoms with van der Waals surface area (Å²) in [5.74, 6) is -0.719. The molecule has 8 atom stereocenters. The Morgan fingerprint density at radius 2 is 1.25 bits per heavy atom. The highest BCUT2D eigenvalue weighted by Gasteiger charge is 2.48. The summed E-state index contributed by atoms with van der Waals surface area (Å²) in [5, 5.41) is 54.8. The first kappa shape index (κ1) is 51.3. The van der Waals surface area contributed by atoms with Gasteiger partial charge < -0.3 is 40.3 Å². The van der Waals surface area contributed by atoms with Crippen LogP contribution in [0.2, 0.25) is 0 Å². The molecule has 0 aromatic rings. The number of carbonyl (C=O) groups excluding carboxylic acids is 1. The maximum absolute atomic E-state index is 13.0. The molecule has 8 unspecified atom stereocenters. The second-order valence-electron chi connectivity index (χ2n) is 14.7. The number of aliphatic hydroxyl groups excluding tert-OH is 5. The second-order valence-corrected chi connectivity index (χ2v) is 15.8. The average molecular weight is 806 g/mol. The number of aliphatic hydroxyl groups is 5. The zero-order chi connectivity index (χ0) is 40.7. The fraction of sp³-hybridized carbons (Fsp3) is 0.829. The van der Waals surface area contributed by atoms with E-state index in [1.165, 1.54) is 89.5 Å². The molecule has 1 heterocycles. The van der Waals surface area contributed by atoms with E-state index in [1.54, 1.807) is 6.08 Å². The van der Waals surface area contributed by atoms with Gasteiger partial charge in [-0.05, 0) is 39.0 Å². The molecule has 0 saturated carbocycles. The predicted molar refractivity (Wildman–Crippen MR) is 214 cm³/mol. The van der Waals surface area contributed by atoms with E-state index in [9.17, 15) is 38.7 Å². The fourth-order valence-electron chi connectivity index (χ4n) is 6.50. The van der Waals surface area contributed by atoms with E-state index in [2.05, 4.69) is 28.6 Å². The van der Waals surface area contributed by atoms with E-state index < -0.39 is 78.5 Å². The Kier molecular flexibility index (Phi) is 30.1. The monoisotopic (exact) mass is 806 g/mol. The van der Waals surface area contributed by atoms with Crippen LogP contribution >= 0.6 is 0 Å². The molecule has 7 N–H and O–H groups in total. The van der Waals surface area contributed by atoms with E-state index in [4.69, 9.17) is 14.0 Å². The Morgan fingerprint density at radius 3 is 1.75 bits per heavy atom. The highest BCUT2D eigenvalue weighted by Crippen LogP contribution is 2.26. The molecule has 0 aromatic heterocycles. The molecule has 13 nitrogen and oxygen atoms in total. The summed E-state index contributed by atoms with van der Waals surface area (Å²) in [6, 6.07) is -1.14. The summed E-state index contributed by atoms with van der Waals surface area (Å²) in [4.78, 5) is 13.0. The van der Waals surface area contributed by atoms with Crippen molar-refractivity contribution in [2.75, 3.05) is 13.2 Å². The second kappa shape index (κ2) is 32.3. The number of amides is 1. The minimum atomic E-state index is -5.12. The molecule has 1 saturated heterocycles. The van der Waals surface area contributed by atoms with Gasteiger partial charge in [0.2, 0.25) is 5.91 Å². The molecular formula is C41H75NO12S. The van der Waals surface area contributed by atoms with Gasteiger partial charge in [0, 0.05) is 0 Å². The van der Waals surface area contributed by atoms with Crippen molar-refractivity contribution in [3.63, 3.8) is 0 Å². The van der Waals surface area contributed by atoms with Crippen molar-refractivity contribution in [3.8, 4) is 0 Å². The van der Waals surface area contributed by atoms with Crippen LogP contribution in [0.1, 0.15) is 155 Å². The third kappa shape index (κ3) is 25.3. The largest absolute Gasteiger partial charge is 0.397 e. The number of rotatable bonds is 34. The van der Waals surface area contributed by atoms with Crippen LogP contribution < -0.4 is 5.32 Å². The van der Waals surface area contributed by atoms with Crippen molar-refractivity contribution in [2.45, 2.75) is 204 Å². The first-order valence-electron chi connectivity index (χ1n) is 20.9. The normalized spacial score (nSPS) is 22.5. The molecule has 14 heteroatoms. The van der Waals surface area contributed by atoms with Crippen molar-refractivity contribution in [2.24, 2.45) is 0 Å². The van der Waals surface area contributed by atoms with Crippen LogP contribution in [-0.2, 0) is 28.9 Å². The number of hydrogen-bond acceptors (Lipinski definition) is 11. The Balaban J connectivity index is 2.58. The molecular weight excluding hydrogens is 731 g/mol. The zero-order valence-corrected chi connectivity index (χ0v) is 34.4. The quantitative estimate of drug-likeness (QED) is 0.0223. The summed E-state index contributed by atoms with van der Waals surface area (Å²) in [5.41, 5.74) is 0. The van der Waals surface area contributed by atoms with Crippen LogP contribution in [0.25, 0.3) is 0 Å². The van der Waals surface area contributed by atoms with Gasteiger partial charge in [-0.25, -0.2) is 4.18 Å². The number of allylic oxidation sites excluding steroid dienone is 5. The lowest BCUT2D eigenvalue weighted by Crippen LogP contribution is -2.61. The van der Waals surface area contributed by atoms with Crippen LogP contribution in [-0.4, -0.2) is 107 Å². The highest BCUT2D eigenvalue weighted by molar-refractivity contribution is 7.80. The predicted octanol–water partition coefficient (Wildman–Crippen LogP) is 6.13. The molecule has 1 amide bonds. The third-order valence-corrected chi connectivity index (χ3v) is 10.3. The van der Waals surface area contributed by atoms with E-state index in [-0.39, 0.29) is 6.42 Å². The van der Waals surface area contributed by atoms with Crippen LogP contribution in [0.5, 0.6) is 0 Å². The van der Waals surface area contributed by atoms with Gasteiger partial charge in [-0.3, -0.25) is 9.35 Å². The maximum atomic E-state index is 13.0. The minimum absolute atomic E-state index is 0.236. The minimum Gasteiger partial charge on any atom is -0.394 e. The topological polar surface area (TPSA) is 212 Å². The van der Waals surface area contributed by atoms with Crippen molar-refractivity contribution in [1.82, 2.24) is 5.32 Å². The van der Waals surface area contributed by atoms with Crippen molar-refractivity contribution < 1.29 is 57.0 Å². The first-order chi connectivity index (χ1) is 26.4. The fourth-order valence-corrected chi connectivity index (χ4v) is 7.01. The van der Waals surface area contributed by atoms with E-state index >= 15 is 0 Å². The van der Waals surface area contributed by atoms with Gasteiger partial charge in [-0.15, -0.1) is 0 Å². The van der Waals surface area contributed by atoms with Crippen molar-refractivity contribution in [1.29, 1.82) is 0 Å². The van der Waals surface area contributed by atoms with Gasteiger partial charge in [0.15, 0.2) is 6.29 Å². The smallest absolute Gasteiger partial charge is 0.394 e. The summed E-state index contributed by atoms with van der Waals surface area (Å²) >= 11 is 0. The molecule has 322 valence electrons. The van der Waals surface area contributed by atoms with Gasteiger partial charge in [0.05, 0.1) is 25.4 Å². The lowest BCUT2D eigenvalue weighted by Gasteiger charge is -2.41. The van der Waals surface area contributed by atoms with E-state index in [0.717, 1.165) is 38.5 Å². The summed E-state index contributed by atoms with van der Waals surface area (Å²) in [7, 11) is -5.12. The Bertz CT molecular complexity index is 1150. The van der Waals surface area contributed by atoms with Crippen LogP contribution in [0.15, 0.2) is 36.5 Å². The standard InChI is InChI=1S/C41H75NO12S/c1-3-5-7-9-11-13-14-15-16-17-18-19-20-22-24-26-28-30-35(45)40(48)42-33(34(44)29-27-25-23-21-12-10-8-6-4-2)32-52-41-38(47)39(54-55(49,50)51)37(46)36(31-43)53-41/h4,6,12,21,27,29,33-39,41,43-47H,3,5,7-11,13-20,22-26,28,30-32H2,1-2H3,(H,42,48)(H,49,50,51)/b6-4+,21-12+,29-27+. The number of hydrogen-bond donors (Lipinski definition) is 7. The third-order valence-electron chi connectivity index (χ3n) is 9.85. The van der Waals surface area contributed by atoms with E-state index in [1.807, 2.05) is 19.1 Å². The molecule has 1 aliphatic rings. The number of unbranched alkanes of at least 4 members (excludes halogenated alkanes) is 18. The number of nitrogens with one attached hydrogen (secondary N) is 1. The van der Waals surface area contributed by atoms with Crippen LogP contribution in [0.4, 0.5) is 0 Å². The SMILES string of the molecule is C/C=C/CC/C=C/CC/C=C/C(O)C(COC1OC(CO)C(O)C(OS(=O)(=O)O)C1O)NC(=O)C(O)CCCCCCCCCCCCCCCCCCC. The summed E-state index contributed by atoms with van der Waals surface area (Å²) in [6.45, 7) is 2.93. The summed E-state index contributed by atoms with van der Waals surface area (Å²) < 4.78 is 47.2. The van der Waals surface area contributed by atoms with Gasteiger partial charge in [-0.2, -0.15) is 8.42 Å². The van der Waals surface area contributed by atoms with Crippen LogP contribution in [0.3, 0.4) is 0 Å². The lowest BCUT2D eigenvalue weighted by molar-refractivity contribution is -0.298. The number of ether oxygens (including phenoxy) is 2. The highest BCUT2D eigenvalue weighted by atomic mass is 32.3. The molecule has 0 spiro atoms. The average Bonchev–Trinajstić information content (AvgIpc) is 3.15. The van der Waals surface area contributed by atoms with Gasteiger partial charge >= 0.3 is 10.4 Å². The van der Waals surface area contributed by atoms with Crippen molar-refractivity contribution >= 4 is 16.3 Å². The molecule has 55 heavy (non-hydrogen) atoms. The Labute approximate surface area is 331 Å². The molecule has 0 radical (unpaired) electrons. The molecule has 1 aliphatic heterocycles. The molecule has 0 aromatic carbocycles. The summed E-state index contributed by atoms with van der Waals surface area (Å²) in [6.07, 6.45) is 24.2. The van der Waals surface area contributed by atoms with Gasteiger partial charge in [0.1, 0.15) is 30.5 Å². The van der Waals surface area contributed by atoms with Gasteiger partial charge in [0.25, 0.3) is 0 Å². The molecule has 0 aliphatic carbocycles. The Hall–Kier alpha value is -1.72. The number of carbonyl (C=O) groups is 1. The Morgan fingerprint density at radius 1 is 0.764 bits per heavy atom. The van der Waals surface area contributed by atoms with E-state index in [0.29, 0.717) is 12.8 Å². The lowest BCUT2D eigenvalue weighted by atomic mass is 9.99. The van der Waals surface area contributed by atoms with Gasteiger partial charge in [-0.1, -0.05) is 153 Å². The molecule has 0 bridgehead atoms. The molecule has 1 fully saturated rings. The maximum Gasteiger partial charge on any atom is 0.397 e. The molecule has 1 rings (SSSR count). The first-order valence-corrected chi connectivity index (χ1v) is 22.3.